The van der Waals surface area contributed by atoms with Crippen molar-refractivity contribution in [2.45, 2.75) is 26.3 Å². The molecule has 0 bridgehead atoms. The number of hydrogen-bond acceptors (Lipinski definition) is 6. The van der Waals surface area contributed by atoms with Crippen LogP contribution < -0.4 is 0 Å². The number of nitrogens with zero attached hydrogens (tertiary/aromatic N) is 6. The van der Waals surface area contributed by atoms with E-state index in [1.165, 1.54) is 11.0 Å². The Hall–Kier alpha value is -2.23. The van der Waals surface area contributed by atoms with Crippen LogP contribution in [0.4, 0.5) is 0 Å². The molecule has 7 heteroatoms. The summed E-state index contributed by atoms with van der Waals surface area (Å²) in [5.74, 6) is 1.47. The van der Waals surface area contributed by atoms with Gasteiger partial charge in [-0.25, -0.2) is 9.67 Å². The van der Waals surface area contributed by atoms with Crippen LogP contribution in [0.1, 0.15) is 37.3 Å². The highest BCUT2D eigenvalue weighted by Gasteiger charge is 2.10. The van der Waals surface area contributed by atoms with E-state index in [4.69, 9.17) is 9.78 Å². The van der Waals surface area contributed by atoms with Crippen LogP contribution in [-0.4, -0.2) is 24.9 Å². The quantitative estimate of drug-likeness (QED) is 0.752. The van der Waals surface area contributed by atoms with Gasteiger partial charge >= 0.3 is 0 Å². The number of rotatable bonds is 3. The lowest BCUT2D eigenvalue weighted by Gasteiger charge is -1.93. The number of hydrogen-bond donors (Lipinski definition) is 0. The predicted octanol–water partition coefficient (Wildman–Crippen LogP) is 0.704. The SMILES string of the molecule is CC(C)c1noc(Cn2cnc(C#N)n2)n1. The Labute approximate surface area is 91.7 Å². The van der Waals surface area contributed by atoms with Gasteiger partial charge in [-0.2, -0.15) is 10.2 Å². The van der Waals surface area contributed by atoms with Crippen LogP contribution in [0.25, 0.3) is 0 Å². The number of aromatic nitrogens is 5. The van der Waals surface area contributed by atoms with Crippen molar-refractivity contribution in [2.75, 3.05) is 0 Å². The fraction of sp³-hybridized carbons (Fsp3) is 0.444. The summed E-state index contributed by atoms with van der Waals surface area (Å²) in [5, 5.41) is 16.3. The molecule has 0 aliphatic rings. The van der Waals surface area contributed by atoms with E-state index in [1.807, 2.05) is 19.9 Å². The molecule has 0 atom stereocenters. The van der Waals surface area contributed by atoms with Gasteiger partial charge in [-0.05, 0) is 0 Å². The minimum Gasteiger partial charge on any atom is -0.337 e. The minimum atomic E-state index is 0.128. The molecular weight excluding hydrogens is 208 g/mol. The van der Waals surface area contributed by atoms with Crippen LogP contribution in [0.2, 0.25) is 0 Å². The third kappa shape index (κ3) is 2.06. The Morgan fingerprint density at radius 2 is 2.38 bits per heavy atom. The highest BCUT2D eigenvalue weighted by atomic mass is 16.5. The third-order valence-corrected chi connectivity index (χ3v) is 1.93. The van der Waals surface area contributed by atoms with Crippen molar-refractivity contribution >= 4 is 0 Å². The highest BCUT2D eigenvalue weighted by Crippen LogP contribution is 2.09. The molecule has 2 heterocycles. The molecule has 0 unspecified atom stereocenters. The summed E-state index contributed by atoms with van der Waals surface area (Å²) in [5.41, 5.74) is 0. The van der Waals surface area contributed by atoms with E-state index in [9.17, 15) is 0 Å². The van der Waals surface area contributed by atoms with Gasteiger partial charge in [-0.15, -0.1) is 5.10 Å². The van der Waals surface area contributed by atoms with Crippen molar-refractivity contribution < 1.29 is 4.52 Å². The van der Waals surface area contributed by atoms with Crippen LogP contribution in [0.3, 0.4) is 0 Å². The average molecular weight is 218 g/mol. The van der Waals surface area contributed by atoms with Gasteiger partial charge in [0.05, 0.1) is 0 Å². The monoisotopic (exact) mass is 218 g/mol. The lowest BCUT2D eigenvalue weighted by atomic mass is 10.2. The summed E-state index contributed by atoms with van der Waals surface area (Å²) in [6, 6.07) is 1.85. The summed E-state index contributed by atoms with van der Waals surface area (Å²) in [4.78, 5) is 7.96. The molecule has 2 aromatic rings. The average Bonchev–Trinajstić information content (AvgIpc) is 2.87. The lowest BCUT2D eigenvalue weighted by Crippen LogP contribution is -2.01. The van der Waals surface area contributed by atoms with Crippen molar-refractivity contribution in [1.82, 2.24) is 24.9 Å². The largest absolute Gasteiger partial charge is 0.337 e. The zero-order valence-electron chi connectivity index (χ0n) is 8.95. The van der Waals surface area contributed by atoms with E-state index in [0.29, 0.717) is 18.3 Å². The predicted molar refractivity (Wildman–Crippen MR) is 52.2 cm³/mol. The topological polar surface area (TPSA) is 93.4 Å². The molecule has 0 radical (unpaired) electrons. The van der Waals surface area contributed by atoms with Gasteiger partial charge in [0, 0.05) is 5.92 Å². The van der Waals surface area contributed by atoms with E-state index >= 15 is 0 Å². The fourth-order valence-corrected chi connectivity index (χ4v) is 1.13. The van der Waals surface area contributed by atoms with Gasteiger partial charge in [-0.1, -0.05) is 19.0 Å². The summed E-state index contributed by atoms with van der Waals surface area (Å²) >= 11 is 0. The maximum Gasteiger partial charge on any atom is 0.252 e. The molecule has 7 nitrogen and oxygen atoms in total. The van der Waals surface area contributed by atoms with Gasteiger partial charge in [0.2, 0.25) is 5.89 Å². The molecule has 16 heavy (non-hydrogen) atoms. The van der Waals surface area contributed by atoms with Gasteiger partial charge in [0.25, 0.3) is 5.82 Å². The third-order valence-electron chi connectivity index (χ3n) is 1.93. The standard InChI is InChI=1S/C9H10N6O/c1-6(2)9-12-8(16-14-9)4-15-5-11-7(3-10)13-15/h5-6H,4H2,1-2H3. The Kier molecular flexibility index (Phi) is 2.64. The molecule has 0 saturated carbocycles. The summed E-state index contributed by atoms with van der Waals surface area (Å²) in [7, 11) is 0. The van der Waals surface area contributed by atoms with E-state index in [2.05, 4.69) is 20.2 Å². The molecule has 0 N–H and O–H groups in total. The highest BCUT2D eigenvalue weighted by molar-refractivity contribution is 5.05. The molecule has 2 rings (SSSR count). The van der Waals surface area contributed by atoms with E-state index < -0.39 is 0 Å². The molecule has 0 spiro atoms. The summed E-state index contributed by atoms with van der Waals surface area (Å²) < 4.78 is 6.52. The van der Waals surface area contributed by atoms with Gasteiger partial charge in [0.1, 0.15) is 18.9 Å². The smallest absolute Gasteiger partial charge is 0.252 e. The van der Waals surface area contributed by atoms with Crippen molar-refractivity contribution in [3.63, 3.8) is 0 Å². The van der Waals surface area contributed by atoms with Crippen molar-refractivity contribution in [2.24, 2.45) is 0 Å². The first-order chi connectivity index (χ1) is 7.69. The Bertz CT molecular complexity index is 520. The molecule has 0 aromatic carbocycles. The van der Waals surface area contributed by atoms with E-state index in [0.717, 1.165) is 0 Å². The van der Waals surface area contributed by atoms with Gasteiger partial charge < -0.3 is 4.52 Å². The van der Waals surface area contributed by atoms with Crippen molar-refractivity contribution in [3.05, 3.63) is 23.9 Å². The van der Waals surface area contributed by atoms with E-state index in [1.54, 1.807) is 0 Å². The molecule has 0 amide bonds. The zero-order chi connectivity index (χ0) is 11.5. The second kappa shape index (κ2) is 4.10. The molecule has 0 saturated heterocycles. The molecular formula is C9H10N6O. The Balaban J connectivity index is 2.12. The van der Waals surface area contributed by atoms with Gasteiger partial charge in [-0.3, -0.25) is 0 Å². The molecule has 0 fully saturated rings. The van der Waals surface area contributed by atoms with Gasteiger partial charge in [0.15, 0.2) is 5.82 Å². The van der Waals surface area contributed by atoms with Crippen LogP contribution >= 0.6 is 0 Å². The van der Waals surface area contributed by atoms with Crippen molar-refractivity contribution in [3.8, 4) is 6.07 Å². The zero-order valence-corrected chi connectivity index (χ0v) is 8.95. The first kappa shape index (κ1) is 10.3. The first-order valence-corrected chi connectivity index (χ1v) is 4.81. The molecule has 0 aliphatic heterocycles. The minimum absolute atomic E-state index is 0.128. The molecule has 2 aromatic heterocycles. The molecule has 82 valence electrons. The number of nitriles is 1. The second-order valence-electron chi connectivity index (χ2n) is 3.58. The van der Waals surface area contributed by atoms with Crippen LogP contribution in [0.15, 0.2) is 10.9 Å². The lowest BCUT2D eigenvalue weighted by molar-refractivity contribution is 0.359. The second-order valence-corrected chi connectivity index (χ2v) is 3.58. The fourth-order valence-electron chi connectivity index (χ4n) is 1.13. The van der Waals surface area contributed by atoms with Crippen LogP contribution in [0.5, 0.6) is 0 Å². The van der Waals surface area contributed by atoms with E-state index in [-0.39, 0.29) is 11.7 Å². The molecule has 0 aliphatic carbocycles. The Morgan fingerprint density at radius 3 is 2.94 bits per heavy atom. The Morgan fingerprint density at radius 1 is 1.56 bits per heavy atom. The maximum atomic E-state index is 8.55. The first-order valence-electron chi connectivity index (χ1n) is 4.81. The summed E-state index contributed by atoms with van der Waals surface area (Å²) in [6.07, 6.45) is 1.46. The van der Waals surface area contributed by atoms with Crippen molar-refractivity contribution in [1.29, 1.82) is 5.26 Å². The maximum absolute atomic E-state index is 8.55. The van der Waals surface area contributed by atoms with Crippen LogP contribution in [0, 0.1) is 11.3 Å². The van der Waals surface area contributed by atoms with Crippen LogP contribution in [-0.2, 0) is 6.54 Å². The normalized spacial score (nSPS) is 10.6. The summed E-state index contributed by atoms with van der Waals surface area (Å²) in [6.45, 7) is 4.30.